The van der Waals surface area contributed by atoms with Gasteiger partial charge in [-0.2, -0.15) is 13.2 Å². The van der Waals surface area contributed by atoms with Gasteiger partial charge in [-0.05, 0) is 17.7 Å². The SMILES string of the molecule is NN[C@H](c1ccc(Br)cc1)C(F)(F)F. The van der Waals surface area contributed by atoms with Crippen LogP contribution in [0.1, 0.15) is 11.6 Å². The van der Waals surface area contributed by atoms with Gasteiger partial charge in [-0.15, -0.1) is 0 Å². The molecular formula is C8H8BrF3N2. The molecule has 0 fully saturated rings. The molecule has 1 rings (SSSR count). The molecule has 1 aromatic carbocycles. The van der Waals surface area contributed by atoms with Crippen LogP contribution in [0.15, 0.2) is 28.7 Å². The number of nitrogens with one attached hydrogen (secondary N) is 1. The van der Waals surface area contributed by atoms with E-state index in [1.807, 2.05) is 0 Å². The molecule has 0 aliphatic carbocycles. The predicted octanol–water partition coefficient (Wildman–Crippen LogP) is 2.52. The lowest BCUT2D eigenvalue weighted by atomic mass is 10.1. The first-order chi connectivity index (χ1) is 6.45. The van der Waals surface area contributed by atoms with E-state index in [2.05, 4.69) is 15.9 Å². The van der Waals surface area contributed by atoms with Crippen molar-refractivity contribution < 1.29 is 13.2 Å². The number of benzene rings is 1. The largest absolute Gasteiger partial charge is 0.409 e. The molecule has 0 aliphatic rings. The fourth-order valence-electron chi connectivity index (χ4n) is 1.03. The van der Waals surface area contributed by atoms with Crippen molar-refractivity contribution in [2.24, 2.45) is 5.84 Å². The summed E-state index contributed by atoms with van der Waals surface area (Å²) in [6, 6.07) is 3.97. The molecule has 0 saturated heterocycles. The second-order valence-electron chi connectivity index (χ2n) is 2.69. The Bertz CT molecular complexity index is 296. The highest BCUT2D eigenvalue weighted by molar-refractivity contribution is 9.10. The lowest BCUT2D eigenvalue weighted by molar-refractivity contribution is -0.157. The Hall–Kier alpha value is -0.590. The molecule has 0 heterocycles. The molecule has 2 nitrogen and oxygen atoms in total. The van der Waals surface area contributed by atoms with Gasteiger partial charge in [0.1, 0.15) is 6.04 Å². The molecule has 0 spiro atoms. The summed E-state index contributed by atoms with van der Waals surface area (Å²) in [6.07, 6.45) is -4.39. The van der Waals surface area contributed by atoms with Gasteiger partial charge in [0, 0.05) is 4.47 Å². The van der Waals surface area contributed by atoms with Crippen LogP contribution in [-0.2, 0) is 0 Å². The molecule has 0 radical (unpaired) electrons. The van der Waals surface area contributed by atoms with E-state index in [9.17, 15) is 13.2 Å². The molecule has 1 atom stereocenters. The minimum absolute atomic E-state index is 0.0863. The van der Waals surface area contributed by atoms with E-state index in [1.165, 1.54) is 24.3 Å². The molecule has 0 unspecified atom stereocenters. The zero-order valence-electron chi connectivity index (χ0n) is 6.98. The van der Waals surface area contributed by atoms with Crippen LogP contribution >= 0.6 is 15.9 Å². The molecule has 6 heteroatoms. The molecule has 0 bridgehead atoms. The van der Waals surface area contributed by atoms with Crippen LogP contribution in [0, 0.1) is 0 Å². The summed E-state index contributed by atoms with van der Waals surface area (Å²) in [5.41, 5.74) is 1.82. The van der Waals surface area contributed by atoms with E-state index < -0.39 is 12.2 Å². The van der Waals surface area contributed by atoms with E-state index in [1.54, 1.807) is 5.43 Å². The van der Waals surface area contributed by atoms with E-state index in [4.69, 9.17) is 5.84 Å². The first-order valence-corrected chi connectivity index (χ1v) is 4.52. The standard InChI is InChI=1S/C8H8BrF3N2/c9-6-3-1-5(2-4-6)7(14-13)8(10,11)12/h1-4,7,14H,13H2/t7-/m1/s1. The van der Waals surface area contributed by atoms with Crippen molar-refractivity contribution >= 4 is 15.9 Å². The quantitative estimate of drug-likeness (QED) is 0.639. The normalized spacial score (nSPS) is 14.1. The second-order valence-corrected chi connectivity index (χ2v) is 3.61. The van der Waals surface area contributed by atoms with Crippen molar-refractivity contribution in [3.8, 4) is 0 Å². The summed E-state index contributed by atoms with van der Waals surface area (Å²) in [5.74, 6) is 4.85. The number of halogens is 4. The van der Waals surface area contributed by atoms with Crippen LogP contribution in [0.5, 0.6) is 0 Å². The van der Waals surface area contributed by atoms with Crippen LogP contribution in [0.25, 0.3) is 0 Å². The van der Waals surface area contributed by atoms with Gasteiger partial charge in [-0.1, -0.05) is 28.1 Å². The monoisotopic (exact) mass is 268 g/mol. The third-order valence-corrected chi connectivity index (χ3v) is 2.23. The van der Waals surface area contributed by atoms with Crippen molar-refractivity contribution in [3.63, 3.8) is 0 Å². The van der Waals surface area contributed by atoms with E-state index in [0.29, 0.717) is 0 Å². The van der Waals surface area contributed by atoms with Crippen LogP contribution in [0.2, 0.25) is 0 Å². The van der Waals surface area contributed by atoms with Crippen LogP contribution in [0.3, 0.4) is 0 Å². The van der Waals surface area contributed by atoms with Gasteiger partial charge in [-0.25, -0.2) is 5.43 Å². The molecular weight excluding hydrogens is 261 g/mol. The maximum Gasteiger partial charge on any atom is 0.409 e. The van der Waals surface area contributed by atoms with Crippen LogP contribution < -0.4 is 11.3 Å². The zero-order chi connectivity index (χ0) is 10.8. The third kappa shape index (κ3) is 2.70. The average molecular weight is 269 g/mol. The molecule has 14 heavy (non-hydrogen) atoms. The number of rotatable bonds is 2. The van der Waals surface area contributed by atoms with Gasteiger partial charge in [-0.3, -0.25) is 5.84 Å². The fourth-order valence-corrected chi connectivity index (χ4v) is 1.30. The third-order valence-electron chi connectivity index (χ3n) is 1.70. The predicted molar refractivity (Wildman–Crippen MR) is 50.3 cm³/mol. The van der Waals surface area contributed by atoms with Gasteiger partial charge in [0.05, 0.1) is 0 Å². The van der Waals surface area contributed by atoms with Gasteiger partial charge in [0.15, 0.2) is 0 Å². The van der Waals surface area contributed by atoms with E-state index >= 15 is 0 Å². The Morgan fingerprint density at radius 1 is 1.21 bits per heavy atom. The van der Waals surface area contributed by atoms with E-state index in [0.717, 1.165) is 4.47 Å². The average Bonchev–Trinajstić information content (AvgIpc) is 2.07. The number of hydrogen-bond acceptors (Lipinski definition) is 2. The molecule has 1 aromatic rings. The van der Waals surface area contributed by atoms with Gasteiger partial charge in [0.2, 0.25) is 0 Å². The number of alkyl halides is 3. The highest BCUT2D eigenvalue weighted by Crippen LogP contribution is 2.32. The van der Waals surface area contributed by atoms with Crippen LogP contribution in [0.4, 0.5) is 13.2 Å². The molecule has 0 aromatic heterocycles. The Labute approximate surface area is 87.4 Å². The van der Waals surface area contributed by atoms with Crippen molar-refractivity contribution in [2.75, 3.05) is 0 Å². The highest BCUT2D eigenvalue weighted by Gasteiger charge is 2.39. The van der Waals surface area contributed by atoms with Crippen molar-refractivity contribution in [3.05, 3.63) is 34.3 Å². The summed E-state index contributed by atoms with van der Waals surface area (Å²) in [6.45, 7) is 0. The highest BCUT2D eigenvalue weighted by atomic mass is 79.9. The minimum Gasteiger partial charge on any atom is -0.271 e. The Morgan fingerprint density at radius 3 is 2.07 bits per heavy atom. The Balaban J connectivity index is 2.96. The van der Waals surface area contributed by atoms with Crippen molar-refractivity contribution in [1.82, 2.24) is 5.43 Å². The second kappa shape index (κ2) is 4.29. The number of hydrazine groups is 1. The molecule has 78 valence electrons. The zero-order valence-corrected chi connectivity index (χ0v) is 8.56. The summed E-state index contributed by atoms with van der Waals surface area (Å²) >= 11 is 3.13. The molecule has 0 aliphatic heterocycles. The maximum atomic E-state index is 12.4. The fraction of sp³-hybridized carbons (Fsp3) is 0.250. The lowest BCUT2D eigenvalue weighted by Crippen LogP contribution is -2.38. The Morgan fingerprint density at radius 2 is 1.71 bits per heavy atom. The van der Waals surface area contributed by atoms with Crippen LogP contribution in [-0.4, -0.2) is 6.18 Å². The summed E-state index contributed by atoms with van der Waals surface area (Å²) < 4.78 is 37.8. The molecule has 3 N–H and O–H groups in total. The summed E-state index contributed by atoms with van der Waals surface area (Å²) in [7, 11) is 0. The first kappa shape index (κ1) is 11.5. The van der Waals surface area contributed by atoms with Gasteiger partial charge in [0.25, 0.3) is 0 Å². The van der Waals surface area contributed by atoms with Gasteiger partial charge < -0.3 is 0 Å². The topological polar surface area (TPSA) is 38.0 Å². The van der Waals surface area contributed by atoms with Crippen molar-refractivity contribution in [2.45, 2.75) is 12.2 Å². The first-order valence-electron chi connectivity index (χ1n) is 3.73. The number of nitrogens with two attached hydrogens (primary N) is 1. The molecule has 0 saturated carbocycles. The van der Waals surface area contributed by atoms with Gasteiger partial charge >= 0.3 is 6.18 Å². The lowest BCUT2D eigenvalue weighted by Gasteiger charge is -2.19. The smallest absolute Gasteiger partial charge is 0.271 e. The Kier molecular flexibility index (Phi) is 3.52. The summed E-state index contributed by atoms with van der Waals surface area (Å²) in [5, 5.41) is 0. The number of hydrogen-bond donors (Lipinski definition) is 2. The maximum absolute atomic E-state index is 12.4. The summed E-state index contributed by atoms with van der Waals surface area (Å²) in [4.78, 5) is 0. The van der Waals surface area contributed by atoms with E-state index in [-0.39, 0.29) is 5.56 Å². The minimum atomic E-state index is -4.39. The van der Waals surface area contributed by atoms with Crippen molar-refractivity contribution in [1.29, 1.82) is 0 Å². The molecule has 0 amide bonds.